The number of furan rings is 1. The number of hydrazone groups is 1. The monoisotopic (exact) mass is 454 g/mol. The third-order valence-electron chi connectivity index (χ3n) is 4.96. The first-order valence-corrected chi connectivity index (χ1v) is 9.75. The van der Waals surface area contributed by atoms with Gasteiger partial charge in [0.2, 0.25) is 0 Å². The number of rotatable bonds is 4. The standard InChI is InChI=1S/C24H17F3N2O4/c1-14-20(22(30)29(28-14)18-8-4-7-17(12-18)24(25,26)27)13-19-9-10-21(33-19)15-5-3-6-16(11-15)23(31)32-2/h3-13H,1-2H3/b20-13+. The second-order valence-electron chi connectivity index (χ2n) is 7.18. The highest BCUT2D eigenvalue weighted by atomic mass is 19.4. The second-order valence-corrected chi connectivity index (χ2v) is 7.18. The largest absolute Gasteiger partial charge is 0.465 e. The maximum atomic E-state index is 13.0. The van der Waals surface area contributed by atoms with Crippen LogP contribution in [0.4, 0.5) is 18.9 Å². The number of esters is 1. The first-order valence-electron chi connectivity index (χ1n) is 9.75. The molecule has 0 spiro atoms. The van der Waals surface area contributed by atoms with Crippen LogP contribution in [0.5, 0.6) is 0 Å². The van der Waals surface area contributed by atoms with Crippen molar-refractivity contribution < 1.29 is 31.9 Å². The molecule has 0 bridgehead atoms. The molecule has 0 atom stereocenters. The summed E-state index contributed by atoms with van der Waals surface area (Å²) in [6.45, 7) is 1.58. The fraction of sp³-hybridized carbons (Fsp3) is 0.125. The topological polar surface area (TPSA) is 72.1 Å². The van der Waals surface area contributed by atoms with E-state index in [1.165, 1.54) is 25.3 Å². The summed E-state index contributed by atoms with van der Waals surface area (Å²) in [5, 5.41) is 5.05. The van der Waals surface area contributed by atoms with E-state index in [1.807, 2.05) is 0 Å². The summed E-state index contributed by atoms with van der Waals surface area (Å²) in [4.78, 5) is 24.6. The Hall–Kier alpha value is -4.14. The molecule has 0 N–H and O–H groups in total. The Bertz CT molecular complexity index is 1300. The molecular formula is C24H17F3N2O4. The van der Waals surface area contributed by atoms with E-state index < -0.39 is 23.6 Å². The number of hydrogen-bond acceptors (Lipinski definition) is 5. The van der Waals surface area contributed by atoms with Crippen molar-refractivity contribution >= 4 is 29.4 Å². The van der Waals surface area contributed by atoms with E-state index in [1.54, 1.807) is 43.3 Å². The lowest BCUT2D eigenvalue weighted by Crippen LogP contribution is -2.21. The molecule has 0 radical (unpaired) electrons. The highest BCUT2D eigenvalue weighted by Gasteiger charge is 2.33. The predicted molar refractivity (Wildman–Crippen MR) is 115 cm³/mol. The summed E-state index contributed by atoms with van der Waals surface area (Å²) in [6.07, 6.45) is -3.06. The molecule has 4 rings (SSSR count). The number of carbonyl (C=O) groups excluding carboxylic acids is 2. The van der Waals surface area contributed by atoms with Gasteiger partial charge in [-0.05, 0) is 55.5 Å². The average Bonchev–Trinajstić information content (AvgIpc) is 3.38. The first kappa shape index (κ1) is 22.1. The van der Waals surface area contributed by atoms with Crippen LogP contribution in [-0.4, -0.2) is 24.7 Å². The summed E-state index contributed by atoms with van der Waals surface area (Å²) in [5.41, 5.74) is 0.660. The molecule has 6 nitrogen and oxygen atoms in total. The minimum Gasteiger partial charge on any atom is -0.465 e. The number of halogens is 3. The molecule has 9 heteroatoms. The second kappa shape index (κ2) is 8.42. The molecule has 2 aromatic carbocycles. The molecule has 0 unspecified atom stereocenters. The Morgan fingerprint density at radius 2 is 1.85 bits per heavy atom. The zero-order valence-corrected chi connectivity index (χ0v) is 17.5. The molecule has 0 aliphatic carbocycles. The van der Waals surface area contributed by atoms with E-state index in [0.29, 0.717) is 28.4 Å². The summed E-state index contributed by atoms with van der Waals surface area (Å²) >= 11 is 0. The van der Waals surface area contributed by atoms with Crippen LogP contribution in [0.2, 0.25) is 0 Å². The van der Waals surface area contributed by atoms with E-state index in [4.69, 9.17) is 9.15 Å². The molecule has 1 aliphatic heterocycles. The molecule has 2 heterocycles. The number of hydrogen-bond donors (Lipinski definition) is 0. The number of amides is 1. The van der Waals surface area contributed by atoms with Crippen molar-refractivity contribution in [1.29, 1.82) is 0 Å². The van der Waals surface area contributed by atoms with Gasteiger partial charge in [0.05, 0.1) is 35.2 Å². The first-order chi connectivity index (χ1) is 15.7. The van der Waals surface area contributed by atoms with Crippen LogP contribution in [0.25, 0.3) is 17.4 Å². The Morgan fingerprint density at radius 1 is 1.09 bits per heavy atom. The lowest BCUT2D eigenvalue weighted by molar-refractivity contribution is -0.137. The number of alkyl halides is 3. The number of anilines is 1. The normalized spacial score (nSPS) is 15.2. The molecule has 168 valence electrons. The summed E-state index contributed by atoms with van der Waals surface area (Å²) < 4.78 is 49.6. The van der Waals surface area contributed by atoms with Gasteiger partial charge in [-0.1, -0.05) is 18.2 Å². The Labute approximate surface area is 186 Å². The van der Waals surface area contributed by atoms with E-state index in [9.17, 15) is 22.8 Å². The predicted octanol–water partition coefficient (Wildman–Crippen LogP) is 5.56. The van der Waals surface area contributed by atoms with Crippen LogP contribution in [0.3, 0.4) is 0 Å². The Kier molecular flexibility index (Phi) is 5.63. The van der Waals surface area contributed by atoms with Crippen LogP contribution in [0, 0.1) is 0 Å². The maximum absolute atomic E-state index is 13.0. The van der Waals surface area contributed by atoms with E-state index in [2.05, 4.69) is 5.10 Å². The zero-order chi connectivity index (χ0) is 23.8. The molecule has 1 aliphatic rings. The molecule has 0 fully saturated rings. The lowest BCUT2D eigenvalue weighted by Gasteiger charge is -2.14. The highest BCUT2D eigenvalue weighted by Crippen LogP contribution is 2.33. The van der Waals surface area contributed by atoms with Gasteiger partial charge < -0.3 is 9.15 Å². The molecule has 0 saturated carbocycles. The average molecular weight is 454 g/mol. The van der Waals surface area contributed by atoms with Crippen molar-refractivity contribution in [3.05, 3.63) is 83.1 Å². The number of methoxy groups -OCH3 is 1. The van der Waals surface area contributed by atoms with Crippen molar-refractivity contribution in [2.75, 3.05) is 12.1 Å². The minimum atomic E-state index is -4.54. The van der Waals surface area contributed by atoms with Crippen LogP contribution >= 0.6 is 0 Å². The SMILES string of the molecule is COC(=O)c1cccc(-c2ccc(/C=C3/C(=O)N(c4cccc(C(F)(F)F)c4)N=C3C)o2)c1. The zero-order valence-electron chi connectivity index (χ0n) is 17.5. The number of benzene rings is 2. The van der Waals surface area contributed by atoms with Crippen LogP contribution in [0.1, 0.15) is 28.6 Å². The van der Waals surface area contributed by atoms with Crippen LogP contribution in [-0.2, 0) is 15.7 Å². The maximum Gasteiger partial charge on any atom is 0.416 e. The van der Waals surface area contributed by atoms with Crippen molar-refractivity contribution in [1.82, 2.24) is 0 Å². The van der Waals surface area contributed by atoms with Gasteiger partial charge in [-0.2, -0.15) is 23.3 Å². The fourth-order valence-corrected chi connectivity index (χ4v) is 3.32. The molecule has 1 aromatic heterocycles. The third kappa shape index (κ3) is 4.43. The number of nitrogens with zero attached hydrogens (tertiary/aromatic N) is 2. The highest BCUT2D eigenvalue weighted by molar-refractivity contribution is 6.32. The fourth-order valence-electron chi connectivity index (χ4n) is 3.32. The summed E-state index contributed by atoms with van der Waals surface area (Å²) in [7, 11) is 1.29. The molecule has 33 heavy (non-hydrogen) atoms. The lowest BCUT2D eigenvalue weighted by atomic mass is 10.1. The molecular weight excluding hydrogens is 437 g/mol. The smallest absolute Gasteiger partial charge is 0.416 e. The van der Waals surface area contributed by atoms with Crippen molar-refractivity contribution in [2.45, 2.75) is 13.1 Å². The van der Waals surface area contributed by atoms with Crippen molar-refractivity contribution in [2.24, 2.45) is 5.10 Å². The summed E-state index contributed by atoms with van der Waals surface area (Å²) in [6, 6.07) is 14.4. The van der Waals surface area contributed by atoms with Crippen molar-refractivity contribution in [3.63, 3.8) is 0 Å². The molecule has 1 amide bonds. The molecule has 3 aromatic rings. The Morgan fingerprint density at radius 3 is 2.58 bits per heavy atom. The quantitative estimate of drug-likeness (QED) is 0.382. The van der Waals surface area contributed by atoms with E-state index >= 15 is 0 Å². The van der Waals surface area contributed by atoms with Gasteiger partial charge in [0.25, 0.3) is 5.91 Å². The third-order valence-corrected chi connectivity index (χ3v) is 4.96. The minimum absolute atomic E-state index is 0.0114. The van der Waals surface area contributed by atoms with Gasteiger partial charge in [-0.3, -0.25) is 4.79 Å². The van der Waals surface area contributed by atoms with Gasteiger partial charge in [-0.25, -0.2) is 4.79 Å². The summed E-state index contributed by atoms with van der Waals surface area (Å²) in [5.74, 6) is -0.249. The van der Waals surface area contributed by atoms with Gasteiger partial charge in [0.15, 0.2) is 0 Å². The van der Waals surface area contributed by atoms with Crippen LogP contribution in [0.15, 0.2) is 75.8 Å². The van der Waals surface area contributed by atoms with Crippen LogP contribution < -0.4 is 5.01 Å². The van der Waals surface area contributed by atoms with Gasteiger partial charge >= 0.3 is 12.1 Å². The van der Waals surface area contributed by atoms with E-state index in [0.717, 1.165) is 17.1 Å². The van der Waals surface area contributed by atoms with Gasteiger partial charge in [0.1, 0.15) is 11.5 Å². The molecule has 0 saturated heterocycles. The number of ether oxygens (including phenoxy) is 1. The Balaban J connectivity index is 1.60. The number of carbonyl (C=O) groups is 2. The van der Waals surface area contributed by atoms with Gasteiger partial charge in [0, 0.05) is 5.56 Å². The van der Waals surface area contributed by atoms with E-state index in [-0.39, 0.29) is 11.3 Å². The van der Waals surface area contributed by atoms with Crippen molar-refractivity contribution in [3.8, 4) is 11.3 Å². The van der Waals surface area contributed by atoms with Gasteiger partial charge in [-0.15, -0.1) is 0 Å².